The third-order valence-electron chi connectivity index (χ3n) is 3.80. The summed E-state index contributed by atoms with van der Waals surface area (Å²) in [6.45, 7) is 1.85. The molecular formula is C20H15F3N4O2. The van der Waals surface area contributed by atoms with Crippen LogP contribution in [-0.4, -0.2) is 26.0 Å². The van der Waals surface area contributed by atoms with E-state index in [9.17, 15) is 18.0 Å². The fourth-order valence-corrected chi connectivity index (χ4v) is 2.56. The predicted octanol–water partition coefficient (Wildman–Crippen LogP) is 4.71. The Morgan fingerprint density at radius 1 is 1.10 bits per heavy atom. The molecule has 2 aromatic heterocycles. The number of nitrogens with one attached hydrogen (secondary N) is 1. The first-order valence-corrected chi connectivity index (χ1v) is 8.37. The molecular weight excluding hydrogens is 385 g/mol. The van der Waals surface area contributed by atoms with E-state index in [1.54, 1.807) is 30.5 Å². The topological polar surface area (TPSA) is 88.0 Å². The maximum absolute atomic E-state index is 12.8. The highest BCUT2D eigenvalue weighted by Crippen LogP contribution is 2.29. The zero-order chi connectivity index (χ0) is 21.0. The zero-order valence-corrected chi connectivity index (χ0v) is 15.1. The van der Waals surface area contributed by atoms with Crippen molar-refractivity contribution in [3.63, 3.8) is 0 Å². The van der Waals surface area contributed by atoms with Crippen LogP contribution in [0.2, 0.25) is 0 Å². The Kier molecular flexibility index (Phi) is 5.58. The molecule has 0 atom stereocenters. The van der Waals surface area contributed by atoms with Crippen LogP contribution in [0.1, 0.15) is 17.0 Å². The number of pyridine rings is 1. The van der Waals surface area contributed by atoms with E-state index in [-0.39, 0.29) is 5.95 Å². The average molecular weight is 400 g/mol. The third-order valence-corrected chi connectivity index (χ3v) is 3.80. The first kappa shape index (κ1) is 20.0. The summed E-state index contributed by atoms with van der Waals surface area (Å²) in [6, 6.07) is 9.62. The van der Waals surface area contributed by atoms with Gasteiger partial charge in [-0.25, -0.2) is 14.8 Å². The lowest BCUT2D eigenvalue weighted by Crippen LogP contribution is -2.10. The summed E-state index contributed by atoms with van der Waals surface area (Å²) in [5.41, 5.74) is 2.38. The molecule has 2 N–H and O–H groups in total. The van der Waals surface area contributed by atoms with Gasteiger partial charge in [-0.2, -0.15) is 13.2 Å². The summed E-state index contributed by atoms with van der Waals surface area (Å²) in [7, 11) is 0. The second-order valence-electron chi connectivity index (χ2n) is 6.12. The van der Waals surface area contributed by atoms with E-state index in [1.165, 1.54) is 6.08 Å². The van der Waals surface area contributed by atoms with Crippen LogP contribution in [0.3, 0.4) is 0 Å². The molecule has 9 heteroatoms. The number of aromatic nitrogens is 3. The van der Waals surface area contributed by atoms with Crippen LogP contribution in [0.25, 0.3) is 17.2 Å². The fraction of sp³-hybridized carbons (Fsp3) is 0.100. The number of carboxylic acids is 1. The monoisotopic (exact) mass is 400 g/mol. The molecule has 0 saturated heterocycles. The highest BCUT2D eigenvalue weighted by atomic mass is 19.4. The quantitative estimate of drug-likeness (QED) is 0.603. The summed E-state index contributed by atoms with van der Waals surface area (Å²) in [5, 5.41) is 11.4. The van der Waals surface area contributed by atoms with Crippen LogP contribution in [0.15, 0.2) is 54.9 Å². The second-order valence-corrected chi connectivity index (χ2v) is 6.12. The number of aliphatic carboxylic acids is 1. The molecule has 0 saturated carbocycles. The molecule has 0 aliphatic rings. The molecule has 0 unspecified atom stereocenters. The van der Waals surface area contributed by atoms with Crippen molar-refractivity contribution in [2.24, 2.45) is 0 Å². The molecule has 0 aliphatic carbocycles. The largest absolute Gasteiger partial charge is 0.478 e. The minimum atomic E-state index is -4.56. The van der Waals surface area contributed by atoms with Crippen LogP contribution in [0, 0.1) is 6.92 Å². The first-order chi connectivity index (χ1) is 13.7. The third kappa shape index (κ3) is 5.38. The minimum Gasteiger partial charge on any atom is -0.478 e. The van der Waals surface area contributed by atoms with E-state index >= 15 is 0 Å². The molecule has 0 fully saturated rings. The molecule has 0 bridgehead atoms. The van der Waals surface area contributed by atoms with E-state index in [4.69, 9.17) is 5.11 Å². The van der Waals surface area contributed by atoms with E-state index in [0.717, 1.165) is 35.0 Å². The van der Waals surface area contributed by atoms with Gasteiger partial charge in [0.15, 0.2) is 0 Å². The summed E-state index contributed by atoms with van der Waals surface area (Å²) < 4.78 is 38.5. The van der Waals surface area contributed by atoms with Crippen molar-refractivity contribution in [1.82, 2.24) is 15.0 Å². The Morgan fingerprint density at radius 3 is 2.55 bits per heavy atom. The van der Waals surface area contributed by atoms with Gasteiger partial charge in [0.05, 0.1) is 5.69 Å². The van der Waals surface area contributed by atoms with Gasteiger partial charge in [0.25, 0.3) is 0 Å². The Labute approximate surface area is 163 Å². The van der Waals surface area contributed by atoms with E-state index in [1.807, 2.05) is 13.0 Å². The Morgan fingerprint density at radius 2 is 1.90 bits per heavy atom. The van der Waals surface area contributed by atoms with E-state index in [2.05, 4.69) is 20.3 Å². The van der Waals surface area contributed by atoms with Crippen LogP contribution in [-0.2, 0) is 11.0 Å². The maximum Gasteiger partial charge on any atom is 0.433 e. The molecule has 0 amide bonds. The van der Waals surface area contributed by atoms with Crippen molar-refractivity contribution in [2.45, 2.75) is 13.1 Å². The normalized spacial score (nSPS) is 11.6. The van der Waals surface area contributed by atoms with Crippen molar-refractivity contribution >= 4 is 23.7 Å². The summed E-state index contributed by atoms with van der Waals surface area (Å²) in [6.07, 6.45) is 0.439. The Hall–Kier alpha value is -3.75. The standard InChI is InChI=1S/C20H15F3N4O2/c1-12-8-14(13-2-3-15(25-11-13)4-5-18(28)29)10-16(9-12)26-19-24-7-6-17(27-19)20(21,22)23/h2-11H,1H3,(H,28,29)(H,24,26,27)/b5-4+. The molecule has 148 valence electrons. The number of halogens is 3. The first-order valence-electron chi connectivity index (χ1n) is 8.37. The van der Waals surface area contributed by atoms with Gasteiger partial charge in [-0.05, 0) is 48.4 Å². The fourth-order valence-electron chi connectivity index (χ4n) is 2.56. The number of alkyl halides is 3. The average Bonchev–Trinajstić information content (AvgIpc) is 2.66. The van der Waals surface area contributed by atoms with Crippen LogP contribution >= 0.6 is 0 Å². The number of carbonyl (C=O) groups is 1. The van der Waals surface area contributed by atoms with E-state index < -0.39 is 17.8 Å². The van der Waals surface area contributed by atoms with Gasteiger partial charge >= 0.3 is 12.1 Å². The number of benzene rings is 1. The molecule has 0 radical (unpaired) electrons. The highest BCUT2D eigenvalue weighted by Gasteiger charge is 2.32. The number of hydrogen-bond acceptors (Lipinski definition) is 5. The highest BCUT2D eigenvalue weighted by molar-refractivity contribution is 5.85. The lowest BCUT2D eigenvalue weighted by atomic mass is 10.0. The minimum absolute atomic E-state index is 0.163. The van der Waals surface area contributed by atoms with Crippen molar-refractivity contribution in [3.8, 4) is 11.1 Å². The van der Waals surface area contributed by atoms with Gasteiger partial charge in [0, 0.05) is 29.7 Å². The molecule has 0 spiro atoms. The zero-order valence-electron chi connectivity index (χ0n) is 15.1. The molecule has 6 nitrogen and oxygen atoms in total. The Balaban J connectivity index is 1.86. The molecule has 2 heterocycles. The lowest BCUT2D eigenvalue weighted by molar-refractivity contribution is -0.141. The predicted molar refractivity (Wildman–Crippen MR) is 101 cm³/mol. The molecule has 3 rings (SSSR count). The van der Waals surface area contributed by atoms with Crippen LogP contribution < -0.4 is 5.32 Å². The van der Waals surface area contributed by atoms with Crippen molar-refractivity contribution in [2.75, 3.05) is 5.32 Å². The molecule has 1 aromatic carbocycles. The summed E-state index contributed by atoms with van der Waals surface area (Å²) >= 11 is 0. The van der Waals surface area contributed by atoms with Gasteiger partial charge in [-0.1, -0.05) is 12.1 Å². The van der Waals surface area contributed by atoms with Gasteiger partial charge < -0.3 is 10.4 Å². The number of rotatable bonds is 5. The van der Waals surface area contributed by atoms with Crippen LogP contribution in [0.5, 0.6) is 0 Å². The smallest absolute Gasteiger partial charge is 0.433 e. The van der Waals surface area contributed by atoms with Crippen molar-refractivity contribution < 1.29 is 23.1 Å². The number of nitrogens with zero attached hydrogens (tertiary/aromatic N) is 3. The van der Waals surface area contributed by atoms with Gasteiger partial charge in [-0.15, -0.1) is 0 Å². The number of hydrogen-bond donors (Lipinski definition) is 2. The molecule has 3 aromatic rings. The van der Waals surface area contributed by atoms with Crippen molar-refractivity contribution in [1.29, 1.82) is 0 Å². The van der Waals surface area contributed by atoms with E-state index in [0.29, 0.717) is 11.4 Å². The number of carboxylic acid groups (broad SMARTS) is 1. The second kappa shape index (κ2) is 8.09. The number of aryl methyl sites for hydroxylation is 1. The Bertz CT molecular complexity index is 1060. The SMILES string of the molecule is Cc1cc(Nc2nccc(C(F)(F)F)n2)cc(-c2ccc(/C=C/C(=O)O)nc2)c1. The molecule has 0 aliphatic heterocycles. The maximum atomic E-state index is 12.8. The molecule has 29 heavy (non-hydrogen) atoms. The lowest BCUT2D eigenvalue weighted by Gasteiger charge is -2.11. The van der Waals surface area contributed by atoms with Gasteiger partial charge in [0.1, 0.15) is 5.69 Å². The van der Waals surface area contributed by atoms with Gasteiger partial charge in [0.2, 0.25) is 5.95 Å². The van der Waals surface area contributed by atoms with Gasteiger partial charge in [-0.3, -0.25) is 4.98 Å². The summed E-state index contributed by atoms with van der Waals surface area (Å²) in [5.74, 6) is -1.23. The van der Waals surface area contributed by atoms with Crippen molar-refractivity contribution in [3.05, 3.63) is 71.8 Å². The summed E-state index contributed by atoms with van der Waals surface area (Å²) in [4.78, 5) is 22.1. The van der Waals surface area contributed by atoms with Crippen LogP contribution in [0.4, 0.5) is 24.8 Å². The number of anilines is 2.